The molecule has 0 saturated carbocycles. The largest absolute Gasteiger partial charge is 0.665 e. The summed E-state index contributed by atoms with van der Waals surface area (Å²) in [6.07, 6.45) is 0.907. The minimum Gasteiger partial charge on any atom is -0.665 e. The molecule has 112 valence electrons. The molecule has 2 nitrogen and oxygen atoms in total. The minimum absolute atomic E-state index is 0. The van der Waals surface area contributed by atoms with Crippen molar-refractivity contribution in [2.75, 3.05) is 6.61 Å². The Labute approximate surface area is 169 Å². The average molecular weight is 793 g/mol. The minimum atomic E-state index is 0. The SMILES string of the molecule is [CH2-]Oc1ccc(Cc2ccc(OCC)cc2)cc1.[W].[W].[W]. The first-order valence-corrected chi connectivity index (χ1v) is 6.04. The Morgan fingerprint density at radius 3 is 1.57 bits per heavy atom. The van der Waals surface area contributed by atoms with Crippen LogP contribution in [0.3, 0.4) is 0 Å². The third-order valence-electron chi connectivity index (χ3n) is 2.73. The van der Waals surface area contributed by atoms with E-state index in [1.807, 2.05) is 31.2 Å². The van der Waals surface area contributed by atoms with Crippen LogP contribution in [0, 0.1) is 7.11 Å². The predicted octanol–water partition coefficient (Wildman–Crippen LogP) is 3.84. The summed E-state index contributed by atoms with van der Waals surface area (Å²) in [7, 11) is 3.38. The molecule has 21 heavy (non-hydrogen) atoms. The number of ether oxygens (including phenoxy) is 2. The van der Waals surface area contributed by atoms with Crippen LogP contribution in [-0.4, -0.2) is 6.61 Å². The molecule has 2 rings (SSSR count). The van der Waals surface area contributed by atoms with Gasteiger partial charge in [0.05, 0.1) is 12.4 Å². The Morgan fingerprint density at radius 2 is 1.19 bits per heavy atom. The predicted molar refractivity (Wildman–Crippen MR) is 72.8 cm³/mol. The van der Waals surface area contributed by atoms with E-state index in [9.17, 15) is 0 Å². The van der Waals surface area contributed by atoms with Gasteiger partial charge in [-0.25, -0.2) is 0 Å². The molecule has 0 aliphatic carbocycles. The van der Waals surface area contributed by atoms with Crippen LogP contribution in [0.5, 0.6) is 11.5 Å². The van der Waals surface area contributed by atoms with Gasteiger partial charge in [-0.05, 0) is 48.7 Å². The molecule has 0 unspecified atom stereocenters. The second kappa shape index (κ2) is 12.6. The molecule has 0 saturated heterocycles. The molecule has 0 amide bonds. The van der Waals surface area contributed by atoms with Crippen molar-refractivity contribution in [3.05, 3.63) is 66.8 Å². The van der Waals surface area contributed by atoms with Crippen LogP contribution in [0.2, 0.25) is 0 Å². The summed E-state index contributed by atoms with van der Waals surface area (Å²) in [6.45, 7) is 2.69. The molecule has 0 heterocycles. The average Bonchev–Trinajstić information content (AvgIpc) is 2.42. The molecule has 0 N–H and O–H groups in total. The summed E-state index contributed by atoms with van der Waals surface area (Å²) in [5.41, 5.74) is 2.52. The Bertz CT molecular complexity index is 484. The topological polar surface area (TPSA) is 18.5 Å². The summed E-state index contributed by atoms with van der Waals surface area (Å²) in [5, 5.41) is 0. The van der Waals surface area contributed by atoms with E-state index in [1.165, 1.54) is 11.1 Å². The maximum atomic E-state index is 5.42. The molecular formula is C16H17O2W3-. The summed E-state index contributed by atoms with van der Waals surface area (Å²) >= 11 is 0. The third kappa shape index (κ3) is 7.78. The van der Waals surface area contributed by atoms with Crippen molar-refractivity contribution < 1.29 is 72.7 Å². The van der Waals surface area contributed by atoms with E-state index in [2.05, 4.69) is 31.4 Å². The molecule has 5 heteroatoms. The molecule has 0 spiro atoms. The van der Waals surface area contributed by atoms with Gasteiger partial charge in [0.15, 0.2) is 0 Å². The van der Waals surface area contributed by atoms with Gasteiger partial charge in [0.2, 0.25) is 0 Å². The van der Waals surface area contributed by atoms with Crippen LogP contribution in [-0.2, 0) is 69.6 Å². The van der Waals surface area contributed by atoms with Crippen LogP contribution in [0.15, 0.2) is 48.5 Å². The van der Waals surface area contributed by atoms with E-state index in [0.29, 0.717) is 6.61 Å². The Morgan fingerprint density at radius 1 is 0.762 bits per heavy atom. The second-order valence-corrected chi connectivity index (χ2v) is 4.04. The fourth-order valence-corrected chi connectivity index (χ4v) is 1.81. The Balaban J connectivity index is 0. The zero-order chi connectivity index (χ0) is 12.8. The summed E-state index contributed by atoms with van der Waals surface area (Å²) in [6, 6.07) is 16.2. The van der Waals surface area contributed by atoms with Crippen molar-refractivity contribution in [3.8, 4) is 11.5 Å². The van der Waals surface area contributed by atoms with Gasteiger partial charge in [-0.3, -0.25) is 0 Å². The van der Waals surface area contributed by atoms with Gasteiger partial charge < -0.3 is 9.47 Å². The van der Waals surface area contributed by atoms with E-state index in [-0.39, 0.29) is 63.2 Å². The van der Waals surface area contributed by atoms with Gasteiger partial charge in [-0.1, -0.05) is 24.3 Å². The number of benzene rings is 2. The number of hydrogen-bond donors (Lipinski definition) is 0. The fraction of sp³-hybridized carbons (Fsp3) is 0.188. The van der Waals surface area contributed by atoms with Crippen LogP contribution < -0.4 is 9.47 Å². The molecule has 2 aromatic rings. The van der Waals surface area contributed by atoms with Crippen LogP contribution >= 0.6 is 0 Å². The summed E-state index contributed by atoms with van der Waals surface area (Å²) < 4.78 is 10.3. The van der Waals surface area contributed by atoms with Gasteiger partial charge in [0.1, 0.15) is 5.75 Å². The van der Waals surface area contributed by atoms with Crippen molar-refractivity contribution in [1.82, 2.24) is 0 Å². The summed E-state index contributed by atoms with van der Waals surface area (Å²) in [5.74, 6) is 1.70. The van der Waals surface area contributed by atoms with Crippen molar-refractivity contribution in [2.45, 2.75) is 13.3 Å². The molecule has 2 aromatic carbocycles. The van der Waals surface area contributed by atoms with E-state index in [0.717, 1.165) is 17.9 Å². The summed E-state index contributed by atoms with van der Waals surface area (Å²) in [4.78, 5) is 0. The Kier molecular flexibility index (Phi) is 14.1. The van der Waals surface area contributed by atoms with Crippen LogP contribution in [0.1, 0.15) is 18.1 Å². The van der Waals surface area contributed by atoms with Gasteiger partial charge in [-0.15, -0.1) is 0 Å². The molecule has 0 atom stereocenters. The third-order valence-corrected chi connectivity index (χ3v) is 2.73. The second-order valence-electron chi connectivity index (χ2n) is 4.04. The first-order valence-electron chi connectivity index (χ1n) is 6.04. The first kappa shape index (κ1) is 23.4. The molecule has 0 radical (unpaired) electrons. The molecule has 0 aliphatic rings. The van der Waals surface area contributed by atoms with Gasteiger partial charge >= 0.3 is 0 Å². The van der Waals surface area contributed by atoms with Crippen molar-refractivity contribution in [1.29, 1.82) is 0 Å². The maximum Gasteiger partial charge on any atom is 0.119 e. The monoisotopic (exact) mass is 793 g/mol. The van der Waals surface area contributed by atoms with Crippen molar-refractivity contribution in [2.24, 2.45) is 0 Å². The molecule has 0 aliphatic heterocycles. The number of rotatable bonds is 5. The smallest absolute Gasteiger partial charge is 0.119 e. The number of hydrogen-bond acceptors (Lipinski definition) is 2. The molecular weight excluding hydrogens is 776 g/mol. The van der Waals surface area contributed by atoms with Gasteiger partial charge in [0, 0.05) is 63.2 Å². The van der Waals surface area contributed by atoms with Crippen molar-refractivity contribution in [3.63, 3.8) is 0 Å². The van der Waals surface area contributed by atoms with Crippen molar-refractivity contribution >= 4 is 0 Å². The van der Waals surface area contributed by atoms with E-state index >= 15 is 0 Å². The quantitative estimate of drug-likeness (QED) is 0.430. The van der Waals surface area contributed by atoms with E-state index in [1.54, 1.807) is 0 Å². The molecule has 0 aromatic heterocycles. The zero-order valence-electron chi connectivity index (χ0n) is 11.8. The first-order chi connectivity index (χ1) is 8.81. The van der Waals surface area contributed by atoms with E-state index in [4.69, 9.17) is 9.47 Å². The fourth-order valence-electron chi connectivity index (χ4n) is 1.81. The van der Waals surface area contributed by atoms with Crippen LogP contribution in [0.25, 0.3) is 0 Å². The van der Waals surface area contributed by atoms with Gasteiger partial charge in [-0.2, -0.15) is 7.11 Å². The molecule has 0 bridgehead atoms. The standard InChI is InChI=1S/C16H17O2.3W/c1-3-18-16-10-6-14(7-11-16)12-13-4-8-15(17-2)9-5-13;;;/h4-11H,2-3,12H2,1H3;;;/q-1;;;. The normalized spacial score (nSPS) is 8.67. The van der Waals surface area contributed by atoms with Crippen LogP contribution in [0.4, 0.5) is 0 Å². The van der Waals surface area contributed by atoms with E-state index < -0.39 is 0 Å². The Hall–Kier alpha value is 0.105. The maximum absolute atomic E-state index is 5.42. The molecule has 0 fully saturated rings. The zero-order valence-corrected chi connectivity index (χ0v) is 20.6. The van der Waals surface area contributed by atoms with Gasteiger partial charge in [0.25, 0.3) is 0 Å².